The quantitative estimate of drug-likeness (QED) is 0.389. The van der Waals surface area contributed by atoms with Gasteiger partial charge in [-0.15, -0.1) is 35.1 Å². The summed E-state index contributed by atoms with van der Waals surface area (Å²) in [6.07, 6.45) is 1.38. The molecule has 4 nitrogen and oxygen atoms in total. The predicted molar refractivity (Wildman–Crippen MR) is 134 cm³/mol. The van der Waals surface area contributed by atoms with Gasteiger partial charge in [-0.05, 0) is 36.2 Å². The zero-order valence-corrected chi connectivity index (χ0v) is 19.7. The molecule has 0 saturated carbocycles. The summed E-state index contributed by atoms with van der Waals surface area (Å²) in [6, 6.07) is 18.1. The van der Waals surface area contributed by atoms with Gasteiger partial charge in [-0.1, -0.05) is 49.4 Å². The maximum atomic E-state index is 12.8. The first kappa shape index (κ1) is 22.0. The molecule has 2 aromatic heterocycles. The highest BCUT2D eigenvalue weighted by atomic mass is 35.5. The maximum Gasteiger partial charge on any atom is 0.229 e. The first-order valence-electron chi connectivity index (χ1n) is 10.3. The Hall–Kier alpha value is -2.25. The fourth-order valence-corrected chi connectivity index (χ4v) is 6.39. The number of thiophene rings is 1. The molecule has 0 spiro atoms. The molecule has 160 valence electrons. The molecule has 1 amide bonds. The van der Waals surface area contributed by atoms with E-state index in [0.29, 0.717) is 6.42 Å². The normalized spacial score (nSPS) is 13.6. The van der Waals surface area contributed by atoms with Crippen molar-refractivity contribution in [2.24, 2.45) is 0 Å². The van der Waals surface area contributed by atoms with Crippen LogP contribution in [-0.4, -0.2) is 28.9 Å². The van der Waals surface area contributed by atoms with Crippen molar-refractivity contribution in [3.63, 3.8) is 0 Å². The topological polar surface area (TPSA) is 45.2 Å². The van der Waals surface area contributed by atoms with Gasteiger partial charge in [0.2, 0.25) is 5.91 Å². The number of rotatable bonds is 5. The predicted octanol–water partition coefficient (Wildman–Crippen LogP) is 6.01. The number of amides is 1. The van der Waals surface area contributed by atoms with E-state index in [1.807, 2.05) is 36.4 Å². The third-order valence-electron chi connectivity index (χ3n) is 5.55. The molecule has 7 heteroatoms. The number of nitrogens with one attached hydrogen (secondary N) is 1. The van der Waals surface area contributed by atoms with Crippen LogP contribution in [0.1, 0.15) is 22.9 Å². The van der Waals surface area contributed by atoms with Crippen LogP contribution >= 0.6 is 35.1 Å². The molecule has 0 bridgehead atoms. The third-order valence-corrected chi connectivity index (χ3v) is 7.74. The molecule has 1 N–H and O–H groups in total. The smallest absolute Gasteiger partial charge is 0.229 e. The highest BCUT2D eigenvalue weighted by molar-refractivity contribution is 7.22. The minimum atomic E-state index is 0. The van der Waals surface area contributed by atoms with Crippen molar-refractivity contribution >= 4 is 56.2 Å². The van der Waals surface area contributed by atoms with Crippen molar-refractivity contribution in [2.45, 2.75) is 26.3 Å². The monoisotopic (exact) mass is 469 g/mol. The van der Waals surface area contributed by atoms with Crippen molar-refractivity contribution in [1.29, 1.82) is 0 Å². The molecule has 31 heavy (non-hydrogen) atoms. The minimum absolute atomic E-state index is 0. The average molecular weight is 470 g/mol. The maximum absolute atomic E-state index is 12.8. The Labute approximate surface area is 196 Å². The molecule has 0 fully saturated rings. The van der Waals surface area contributed by atoms with Crippen LogP contribution in [0.4, 0.5) is 5.00 Å². The second-order valence-corrected chi connectivity index (χ2v) is 9.66. The molecule has 3 heterocycles. The van der Waals surface area contributed by atoms with E-state index in [1.54, 1.807) is 22.7 Å². The van der Waals surface area contributed by atoms with Crippen LogP contribution < -0.4 is 5.32 Å². The average Bonchev–Trinajstić information content (AvgIpc) is 3.34. The fourth-order valence-electron chi connectivity index (χ4n) is 3.97. The van der Waals surface area contributed by atoms with Gasteiger partial charge in [0.05, 0.1) is 16.6 Å². The number of nitrogens with zero attached hydrogens (tertiary/aromatic N) is 2. The van der Waals surface area contributed by atoms with Crippen LogP contribution in [0.2, 0.25) is 0 Å². The van der Waals surface area contributed by atoms with E-state index in [2.05, 4.69) is 35.3 Å². The van der Waals surface area contributed by atoms with E-state index in [4.69, 9.17) is 4.98 Å². The van der Waals surface area contributed by atoms with Crippen LogP contribution in [0.5, 0.6) is 0 Å². The second kappa shape index (κ2) is 9.49. The van der Waals surface area contributed by atoms with Gasteiger partial charge in [-0.25, -0.2) is 4.98 Å². The Kier molecular flexibility index (Phi) is 6.72. The highest BCUT2D eigenvalue weighted by Gasteiger charge is 2.27. The number of anilines is 1. The van der Waals surface area contributed by atoms with E-state index in [9.17, 15) is 4.79 Å². The van der Waals surface area contributed by atoms with Gasteiger partial charge >= 0.3 is 0 Å². The number of halogens is 1. The highest BCUT2D eigenvalue weighted by Crippen LogP contribution is 2.45. The van der Waals surface area contributed by atoms with Gasteiger partial charge in [0.25, 0.3) is 0 Å². The lowest BCUT2D eigenvalue weighted by atomic mass is 10.0. The second-order valence-electron chi connectivity index (χ2n) is 7.52. The molecule has 0 aliphatic carbocycles. The number of hydrogen-bond donors (Lipinski definition) is 1. The fraction of sp³-hybridized carbons (Fsp3) is 0.250. The summed E-state index contributed by atoms with van der Waals surface area (Å²) in [5, 5.41) is 5.17. The van der Waals surface area contributed by atoms with Crippen molar-refractivity contribution in [3.8, 4) is 10.6 Å². The Balaban J connectivity index is 0.00000231. The van der Waals surface area contributed by atoms with Crippen LogP contribution in [0.3, 0.4) is 0 Å². The third kappa shape index (κ3) is 4.53. The standard InChI is InChI=1S/C24H23N3OS2.ClH/c1-2-27-13-12-17-20(15-27)30-24(26-21(28)14-16-8-4-3-5-9-16)22(17)23-25-18-10-6-7-11-19(18)29-23;/h3-11H,2,12-15H2,1H3,(H,26,28);1H. The molecule has 1 aliphatic heterocycles. The van der Waals surface area contributed by atoms with Gasteiger partial charge in [0.1, 0.15) is 10.0 Å². The summed E-state index contributed by atoms with van der Waals surface area (Å²) in [7, 11) is 0. The van der Waals surface area contributed by atoms with Gasteiger partial charge in [0.15, 0.2) is 0 Å². The van der Waals surface area contributed by atoms with Crippen LogP contribution in [0, 0.1) is 0 Å². The van der Waals surface area contributed by atoms with E-state index >= 15 is 0 Å². The van der Waals surface area contributed by atoms with Crippen molar-refractivity contribution in [2.75, 3.05) is 18.4 Å². The number of thiazole rings is 1. The molecule has 4 aromatic rings. The Morgan fingerprint density at radius 3 is 2.65 bits per heavy atom. The molecule has 0 atom stereocenters. The van der Waals surface area contributed by atoms with Gasteiger partial charge in [-0.2, -0.15) is 0 Å². The zero-order valence-electron chi connectivity index (χ0n) is 17.3. The lowest BCUT2D eigenvalue weighted by molar-refractivity contribution is -0.115. The lowest BCUT2D eigenvalue weighted by Crippen LogP contribution is -2.29. The van der Waals surface area contributed by atoms with E-state index < -0.39 is 0 Å². The Bertz CT molecular complexity index is 1170. The molecule has 1 aliphatic rings. The zero-order chi connectivity index (χ0) is 20.5. The molecule has 2 aromatic carbocycles. The number of aromatic nitrogens is 1. The van der Waals surface area contributed by atoms with Crippen molar-refractivity contribution < 1.29 is 4.79 Å². The molecular weight excluding hydrogens is 446 g/mol. The number of benzene rings is 2. The molecule has 0 unspecified atom stereocenters. The van der Waals surface area contributed by atoms with E-state index in [0.717, 1.165) is 52.7 Å². The first-order valence-corrected chi connectivity index (χ1v) is 11.9. The number of carbonyl (C=O) groups is 1. The van der Waals surface area contributed by atoms with Crippen LogP contribution in [0.15, 0.2) is 54.6 Å². The summed E-state index contributed by atoms with van der Waals surface area (Å²) in [4.78, 5) is 21.6. The van der Waals surface area contributed by atoms with E-state index in [1.165, 1.54) is 15.1 Å². The van der Waals surface area contributed by atoms with E-state index in [-0.39, 0.29) is 18.3 Å². The number of carbonyl (C=O) groups excluding carboxylic acids is 1. The summed E-state index contributed by atoms with van der Waals surface area (Å²) in [5.41, 5.74) is 4.53. The van der Waals surface area contributed by atoms with Crippen molar-refractivity contribution in [1.82, 2.24) is 9.88 Å². The van der Waals surface area contributed by atoms with Crippen LogP contribution in [0.25, 0.3) is 20.8 Å². The number of hydrogen-bond acceptors (Lipinski definition) is 5. The largest absolute Gasteiger partial charge is 0.317 e. The SMILES string of the molecule is CCN1CCc2c(sc(NC(=O)Cc3ccccc3)c2-c2nc3ccccc3s2)C1.Cl. The van der Waals surface area contributed by atoms with Gasteiger partial charge in [-0.3, -0.25) is 9.69 Å². The molecule has 5 rings (SSSR count). The Morgan fingerprint density at radius 1 is 1.10 bits per heavy atom. The summed E-state index contributed by atoms with van der Waals surface area (Å²) < 4.78 is 1.18. The summed E-state index contributed by atoms with van der Waals surface area (Å²) in [6.45, 7) is 5.25. The number of fused-ring (bicyclic) bond motifs is 2. The van der Waals surface area contributed by atoms with Crippen molar-refractivity contribution in [3.05, 3.63) is 70.6 Å². The Morgan fingerprint density at radius 2 is 1.87 bits per heavy atom. The first-order chi connectivity index (χ1) is 14.7. The summed E-state index contributed by atoms with van der Waals surface area (Å²) >= 11 is 3.43. The van der Waals surface area contributed by atoms with Gasteiger partial charge < -0.3 is 5.32 Å². The molecule has 0 radical (unpaired) electrons. The number of para-hydroxylation sites is 1. The van der Waals surface area contributed by atoms with Crippen LogP contribution in [-0.2, 0) is 24.2 Å². The number of likely N-dealkylation sites (N-methyl/N-ethyl adjacent to an activating group) is 1. The van der Waals surface area contributed by atoms with Gasteiger partial charge in [0, 0.05) is 23.5 Å². The molecule has 0 saturated heterocycles. The summed E-state index contributed by atoms with van der Waals surface area (Å²) in [5.74, 6) is 0.0227. The lowest BCUT2D eigenvalue weighted by Gasteiger charge is -2.25. The minimum Gasteiger partial charge on any atom is -0.317 e. The molecular formula is C24H24ClN3OS2.